The Labute approximate surface area is 237 Å². The predicted molar refractivity (Wildman–Crippen MR) is 144 cm³/mol. The molecule has 0 radical (unpaired) electrons. The Hall–Kier alpha value is -3.58. The molecule has 3 aromatic heterocycles. The smallest absolute Gasteiger partial charge is 0.435 e. The van der Waals surface area contributed by atoms with Crippen molar-refractivity contribution in [1.82, 2.24) is 24.3 Å². The van der Waals surface area contributed by atoms with E-state index in [2.05, 4.69) is 37.7 Å². The van der Waals surface area contributed by atoms with Crippen molar-refractivity contribution in [2.75, 3.05) is 5.75 Å². The maximum atomic E-state index is 13.1. The van der Waals surface area contributed by atoms with Gasteiger partial charge in [-0.25, -0.2) is 36.2 Å². The predicted octanol–water partition coefficient (Wildman–Crippen LogP) is 3.92. The number of fused-ring (bicyclic) bond motifs is 1. The first kappa shape index (κ1) is 28.0. The van der Waals surface area contributed by atoms with Crippen LogP contribution in [0, 0.1) is 3.57 Å². The second-order valence-electron chi connectivity index (χ2n) is 8.19. The van der Waals surface area contributed by atoms with Gasteiger partial charge in [-0.1, -0.05) is 13.0 Å². The van der Waals surface area contributed by atoms with Gasteiger partial charge in [-0.3, -0.25) is 0 Å². The Morgan fingerprint density at radius 3 is 2.42 bits per heavy atom. The lowest BCUT2D eigenvalue weighted by Gasteiger charge is -2.08. The minimum absolute atomic E-state index is 0.0953. The molecule has 11 nitrogen and oxygen atoms in total. The van der Waals surface area contributed by atoms with Crippen molar-refractivity contribution < 1.29 is 34.4 Å². The first-order chi connectivity index (χ1) is 18.7. The first-order valence-electron chi connectivity index (χ1n) is 11.1. The molecule has 0 aliphatic carbocycles. The summed E-state index contributed by atoms with van der Waals surface area (Å²) in [4.78, 5) is 20.0. The van der Waals surface area contributed by atoms with Crippen LogP contribution in [0.2, 0.25) is 0 Å². The zero-order valence-corrected chi connectivity index (χ0v) is 23.8. The third-order valence-corrected chi connectivity index (χ3v) is 9.62. The highest BCUT2D eigenvalue weighted by atomic mass is 127. The van der Waals surface area contributed by atoms with Gasteiger partial charge < -0.3 is 4.42 Å². The van der Waals surface area contributed by atoms with E-state index < -0.39 is 41.7 Å². The fraction of sp³-hybridized carbons (Fsp3) is 0.130. The molecule has 208 valence electrons. The van der Waals surface area contributed by atoms with E-state index in [-0.39, 0.29) is 33.3 Å². The minimum atomic E-state index is -5.67. The first-order valence-corrected chi connectivity index (χ1v) is 15.3. The summed E-state index contributed by atoms with van der Waals surface area (Å²) in [5.74, 6) is -0.853. The number of pyridine rings is 1. The molecule has 0 saturated carbocycles. The van der Waals surface area contributed by atoms with Crippen molar-refractivity contribution in [3.8, 4) is 23.1 Å². The molecule has 0 atom stereocenters. The number of oxazole rings is 1. The van der Waals surface area contributed by atoms with E-state index in [0.717, 1.165) is 14.3 Å². The van der Waals surface area contributed by atoms with Crippen LogP contribution >= 0.6 is 22.6 Å². The second-order valence-corrected chi connectivity index (χ2v) is 13.6. The van der Waals surface area contributed by atoms with E-state index in [1.54, 1.807) is 18.2 Å². The van der Waals surface area contributed by atoms with Crippen LogP contribution in [0.1, 0.15) is 6.92 Å². The number of hydrogen-bond acceptors (Lipinski definition) is 9. The highest BCUT2D eigenvalue weighted by molar-refractivity contribution is 14.1. The molecule has 2 aromatic carbocycles. The van der Waals surface area contributed by atoms with Gasteiger partial charge in [0.2, 0.25) is 5.89 Å². The normalized spacial score (nSPS) is 12.7. The quantitative estimate of drug-likeness (QED) is 0.240. The molecule has 5 rings (SSSR count). The molecule has 0 amide bonds. The lowest BCUT2D eigenvalue weighted by atomic mass is 10.3. The standard InChI is InChI=1S/C23H15F3IN5O6S2/c1-2-39(34,35)18-8-9-19(32-22(33)31(12-28-32)14-5-3-4-13(27)10-14)30-20(18)21-29-16-11-15(6-7-17(16)38-21)40(36,37)23(24,25)26/h3-12H,2H2,1H3. The summed E-state index contributed by atoms with van der Waals surface area (Å²) in [6.07, 6.45) is 1.26. The van der Waals surface area contributed by atoms with Crippen LogP contribution in [-0.2, 0) is 19.7 Å². The summed E-state index contributed by atoms with van der Waals surface area (Å²) < 4.78 is 97.1. The number of halogens is 4. The third-order valence-electron chi connectivity index (χ3n) is 5.71. The highest BCUT2D eigenvalue weighted by Gasteiger charge is 2.47. The van der Waals surface area contributed by atoms with Crippen LogP contribution in [0.25, 0.3) is 34.2 Å². The molecule has 0 N–H and O–H groups in total. The third kappa shape index (κ3) is 4.81. The Balaban J connectivity index is 1.68. The van der Waals surface area contributed by atoms with E-state index in [4.69, 9.17) is 4.42 Å². The molecule has 5 aromatic rings. The molecule has 0 aliphatic heterocycles. The Bertz CT molecular complexity index is 2070. The number of rotatable bonds is 6. The topological polar surface area (TPSA) is 147 Å². The van der Waals surface area contributed by atoms with E-state index in [1.165, 1.54) is 30.0 Å². The van der Waals surface area contributed by atoms with Crippen LogP contribution in [-0.4, -0.2) is 52.4 Å². The number of sulfone groups is 2. The van der Waals surface area contributed by atoms with E-state index in [0.29, 0.717) is 17.8 Å². The molecule has 3 heterocycles. The number of alkyl halides is 3. The maximum absolute atomic E-state index is 13.1. The van der Waals surface area contributed by atoms with Gasteiger partial charge in [0.1, 0.15) is 17.5 Å². The molecule has 0 bridgehead atoms. The van der Waals surface area contributed by atoms with Crippen LogP contribution in [0.3, 0.4) is 0 Å². The van der Waals surface area contributed by atoms with Gasteiger partial charge in [0, 0.05) is 3.57 Å². The molecule has 0 aliphatic rings. The van der Waals surface area contributed by atoms with E-state index in [9.17, 15) is 34.8 Å². The van der Waals surface area contributed by atoms with Gasteiger partial charge in [-0.15, -0.1) is 0 Å². The zero-order valence-electron chi connectivity index (χ0n) is 20.0. The molecule has 0 fully saturated rings. The van der Waals surface area contributed by atoms with Crippen molar-refractivity contribution in [3.63, 3.8) is 0 Å². The summed E-state index contributed by atoms with van der Waals surface area (Å²) in [6, 6.07) is 11.8. The van der Waals surface area contributed by atoms with Crippen LogP contribution in [0.15, 0.2) is 79.9 Å². The zero-order chi connectivity index (χ0) is 29.0. The fourth-order valence-corrected chi connectivity index (χ4v) is 6.01. The van der Waals surface area contributed by atoms with Gasteiger partial charge >= 0.3 is 11.2 Å². The van der Waals surface area contributed by atoms with Crippen molar-refractivity contribution >= 4 is 53.4 Å². The lowest BCUT2D eigenvalue weighted by Crippen LogP contribution is -2.23. The molecule has 0 unspecified atom stereocenters. The van der Waals surface area contributed by atoms with Crippen LogP contribution < -0.4 is 5.69 Å². The molecule has 17 heteroatoms. The monoisotopic (exact) mass is 705 g/mol. The molecular weight excluding hydrogens is 690 g/mol. The van der Waals surface area contributed by atoms with Crippen molar-refractivity contribution in [3.05, 3.63) is 75.0 Å². The molecule has 0 spiro atoms. The highest BCUT2D eigenvalue weighted by Crippen LogP contribution is 2.34. The Morgan fingerprint density at radius 2 is 1.75 bits per heavy atom. The molecule has 0 saturated heterocycles. The van der Waals surface area contributed by atoms with Crippen molar-refractivity contribution in [2.45, 2.75) is 22.2 Å². The van der Waals surface area contributed by atoms with Crippen molar-refractivity contribution in [2.24, 2.45) is 0 Å². The molecular formula is C23H15F3IN5O6S2. The average molecular weight is 705 g/mol. The second kappa shape index (κ2) is 9.81. The Morgan fingerprint density at radius 1 is 1.00 bits per heavy atom. The van der Waals surface area contributed by atoms with Gasteiger partial charge in [-0.2, -0.15) is 23.0 Å². The van der Waals surface area contributed by atoms with Crippen molar-refractivity contribution in [1.29, 1.82) is 0 Å². The maximum Gasteiger partial charge on any atom is 0.501 e. The number of nitrogens with zero attached hydrogens (tertiary/aromatic N) is 5. The SMILES string of the molecule is CCS(=O)(=O)c1ccc(-n2ncn(-c3cccc(I)c3)c2=O)nc1-c1nc2cc(S(=O)(=O)C(F)(F)F)ccc2o1. The fourth-order valence-electron chi connectivity index (χ4n) is 3.69. The minimum Gasteiger partial charge on any atom is -0.435 e. The average Bonchev–Trinajstić information content (AvgIpc) is 3.50. The summed E-state index contributed by atoms with van der Waals surface area (Å²) in [6.45, 7) is 1.39. The summed E-state index contributed by atoms with van der Waals surface area (Å²) >= 11 is 2.09. The summed E-state index contributed by atoms with van der Waals surface area (Å²) in [5, 5.41) is 4.07. The Kier molecular flexibility index (Phi) is 6.86. The van der Waals surface area contributed by atoms with E-state index in [1.807, 2.05) is 6.07 Å². The number of benzene rings is 2. The summed E-state index contributed by atoms with van der Waals surface area (Å²) in [7, 11) is -9.61. The largest absolute Gasteiger partial charge is 0.501 e. The lowest BCUT2D eigenvalue weighted by molar-refractivity contribution is -0.0435. The number of aromatic nitrogens is 5. The molecule has 40 heavy (non-hydrogen) atoms. The van der Waals surface area contributed by atoms with Crippen LogP contribution in [0.5, 0.6) is 0 Å². The van der Waals surface area contributed by atoms with E-state index >= 15 is 0 Å². The van der Waals surface area contributed by atoms with Gasteiger partial charge in [-0.05, 0) is 71.1 Å². The van der Waals surface area contributed by atoms with Crippen LogP contribution in [0.4, 0.5) is 13.2 Å². The van der Waals surface area contributed by atoms with Gasteiger partial charge in [0.15, 0.2) is 21.2 Å². The summed E-state index contributed by atoms with van der Waals surface area (Å²) in [5.41, 5.74) is -6.38. The number of hydrogen-bond donors (Lipinski definition) is 0. The van der Waals surface area contributed by atoms with Gasteiger partial charge in [0.25, 0.3) is 9.84 Å². The van der Waals surface area contributed by atoms with Gasteiger partial charge in [0.05, 0.1) is 21.2 Å².